The SMILES string of the molecule is CCCn1nc(C)cc1CN(C)c1ccc(C(=O)O)cc1NC(=O)c1cccc(C)c1. The molecule has 0 saturated carbocycles. The van der Waals surface area contributed by atoms with E-state index in [2.05, 4.69) is 17.3 Å². The Kier molecular flexibility index (Phi) is 6.74. The number of aryl methyl sites for hydroxylation is 3. The van der Waals surface area contributed by atoms with Gasteiger partial charge >= 0.3 is 5.97 Å². The van der Waals surface area contributed by atoms with Crippen molar-refractivity contribution in [3.63, 3.8) is 0 Å². The standard InChI is InChI=1S/C24H28N4O3/c1-5-11-28-20(13-17(3)26-28)15-27(4)22-10-9-19(24(30)31)14-21(22)25-23(29)18-8-6-7-16(2)12-18/h6-10,12-14H,5,11,15H2,1-4H3,(H,25,29)(H,30,31). The summed E-state index contributed by atoms with van der Waals surface area (Å²) in [5, 5.41) is 16.9. The smallest absolute Gasteiger partial charge is 0.335 e. The third-order valence-corrected chi connectivity index (χ3v) is 5.00. The molecule has 162 valence electrons. The van der Waals surface area contributed by atoms with Gasteiger partial charge in [0.1, 0.15) is 0 Å². The Hall–Kier alpha value is -3.61. The van der Waals surface area contributed by atoms with Crippen molar-refractivity contribution < 1.29 is 14.7 Å². The van der Waals surface area contributed by atoms with E-state index in [9.17, 15) is 14.7 Å². The first-order chi connectivity index (χ1) is 14.8. The highest BCUT2D eigenvalue weighted by molar-refractivity contribution is 6.06. The molecule has 0 fully saturated rings. The van der Waals surface area contributed by atoms with E-state index in [1.807, 2.05) is 48.7 Å². The summed E-state index contributed by atoms with van der Waals surface area (Å²) in [6.07, 6.45) is 0.975. The molecule has 7 nitrogen and oxygen atoms in total. The molecule has 0 aliphatic carbocycles. The molecule has 2 aromatic carbocycles. The van der Waals surface area contributed by atoms with Gasteiger partial charge in [-0.3, -0.25) is 9.48 Å². The normalized spacial score (nSPS) is 10.7. The Labute approximate surface area is 182 Å². The maximum atomic E-state index is 12.8. The Bertz CT molecular complexity index is 1100. The van der Waals surface area contributed by atoms with Gasteiger partial charge in [-0.25, -0.2) is 4.79 Å². The van der Waals surface area contributed by atoms with Crippen molar-refractivity contribution >= 4 is 23.3 Å². The molecular weight excluding hydrogens is 392 g/mol. The number of rotatable bonds is 8. The van der Waals surface area contributed by atoms with Gasteiger partial charge in [0.2, 0.25) is 0 Å². The largest absolute Gasteiger partial charge is 0.478 e. The number of carboxylic acids is 1. The van der Waals surface area contributed by atoms with E-state index in [0.717, 1.165) is 35.6 Å². The van der Waals surface area contributed by atoms with Gasteiger partial charge in [0, 0.05) is 19.2 Å². The zero-order valence-corrected chi connectivity index (χ0v) is 18.3. The number of anilines is 2. The number of hydrogen-bond donors (Lipinski definition) is 2. The Balaban J connectivity index is 1.92. The Morgan fingerprint density at radius 3 is 2.55 bits per heavy atom. The van der Waals surface area contributed by atoms with Crippen LogP contribution >= 0.6 is 0 Å². The summed E-state index contributed by atoms with van der Waals surface area (Å²) < 4.78 is 1.99. The number of carboxylic acid groups (broad SMARTS) is 1. The molecule has 7 heteroatoms. The van der Waals surface area contributed by atoms with Crippen LogP contribution in [0, 0.1) is 13.8 Å². The molecule has 2 N–H and O–H groups in total. The van der Waals surface area contributed by atoms with Crippen LogP contribution in [0.2, 0.25) is 0 Å². The fourth-order valence-electron chi connectivity index (χ4n) is 3.54. The molecule has 1 amide bonds. The molecule has 0 radical (unpaired) electrons. The van der Waals surface area contributed by atoms with Crippen molar-refractivity contribution in [2.24, 2.45) is 0 Å². The second kappa shape index (κ2) is 9.47. The average Bonchev–Trinajstić information content (AvgIpc) is 3.06. The first-order valence-electron chi connectivity index (χ1n) is 10.3. The molecule has 0 aliphatic heterocycles. The number of carbonyl (C=O) groups excluding carboxylic acids is 1. The lowest BCUT2D eigenvalue weighted by atomic mass is 10.1. The van der Waals surface area contributed by atoms with Gasteiger partial charge < -0.3 is 15.3 Å². The Morgan fingerprint density at radius 1 is 1.10 bits per heavy atom. The molecule has 0 spiro atoms. The molecule has 0 unspecified atom stereocenters. The van der Waals surface area contributed by atoms with Gasteiger partial charge in [-0.15, -0.1) is 0 Å². The molecule has 0 bridgehead atoms. The number of benzene rings is 2. The van der Waals surface area contributed by atoms with Crippen LogP contribution < -0.4 is 10.2 Å². The minimum atomic E-state index is -1.04. The zero-order valence-electron chi connectivity index (χ0n) is 18.3. The predicted octanol–water partition coefficient (Wildman–Crippen LogP) is 4.50. The van der Waals surface area contributed by atoms with E-state index < -0.39 is 5.97 Å². The monoisotopic (exact) mass is 420 g/mol. The molecular formula is C24H28N4O3. The van der Waals surface area contributed by atoms with Gasteiger partial charge in [0.25, 0.3) is 5.91 Å². The highest BCUT2D eigenvalue weighted by Crippen LogP contribution is 2.28. The molecule has 31 heavy (non-hydrogen) atoms. The van der Waals surface area contributed by atoms with Crippen LogP contribution in [-0.4, -0.2) is 33.8 Å². The maximum absolute atomic E-state index is 12.8. The first kappa shape index (κ1) is 22.1. The van der Waals surface area contributed by atoms with Crippen LogP contribution in [0.5, 0.6) is 0 Å². The highest BCUT2D eigenvalue weighted by atomic mass is 16.4. The quantitative estimate of drug-likeness (QED) is 0.560. The van der Waals surface area contributed by atoms with Crippen LogP contribution in [0.3, 0.4) is 0 Å². The van der Waals surface area contributed by atoms with Gasteiger partial charge in [-0.05, 0) is 56.7 Å². The van der Waals surface area contributed by atoms with E-state index in [1.54, 1.807) is 24.3 Å². The molecule has 3 rings (SSSR count). The third-order valence-electron chi connectivity index (χ3n) is 5.00. The molecule has 1 aromatic heterocycles. The predicted molar refractivity (Wildman–Crippen MR) is 122 cm³/mol. The van der Waals surface area contributed by atoms with Crippen molar-refractivity contribution in [3.05, 3.63) is 76.6 Å². The fraction of sp³-hybridized carbons (Fsp3) is 0.292. The molecule has 0 atom stereocenters. The van der Waals surface area contributed by atoms with Crippen molar-refractivity contribution in [2.45, 2.75) is 40.3 Å². The van der Waals surface area contributed by atoms with Crippen molar-refractivity contribution in [3.8, 4) is 0 Å². The number of nitrogens with zero attached hydrogens (tertiary/aromatic N) is 3. The average molecular weight is 421 g/mol. The number of carbonyl (C=O) groups is 2. The van der Waals surface area contributed by atoms with E-state index in [0.29, 0.717) is 17.8 Å². The molecule has 0 saturated heterocycles. The zero-order chi connectivity index (χ0) is 22.5. The van der Waals surface area contributed by atoms with Crippen LogP contribution in [0.25, 0.3) is 0 Å². The van der Waals surface area contributed by atoms with Gasteiger partial charge in [0.15, 0.2) is 0 Å². The summed E-state index contributed by atoms with van der Waals surface area (Å²) in [6, 6.07) is 14.1. The van der Waals surface area contributed by atoms with E-state index >= 15 is 0 Å². The summed E-state index contributed by atoms with van der Waals surface area (Å²) in [7, 11) is 1.91. The minimum absolute atomic E-state index is 0.114. The summed E-state index contributed by atoms with van der Waals surface area (Å²) in [5.41, 5.74) is 4.80. The fourth-order valence-corrected chi connectivity index (χ4v) is 3.54. The van der Waals surface area contributed by atoms with Crippen molar-refractivity contribution in [1.29, 1.82) is 0 Å². The van der Waals surface area contributed by atoms with E-state index in [-0.39, 0.29) is 11.5 Å². The van der Waals surface area contributed by atoms with Gasteiger partial charge in [-0.1, -0.05) is 24.6 Å². The summed E-state index contributed by atoms with van der Waals surface area (Å²) in [5.74, 6) is -1.33. The van der Waals surface area contributed by atoms with Crippen LogP contribution in [0.4, 0.5) is 11.4 Å². The van der Waals surface area contributed by atoms with Gasteiger partial charge in [0.05, 0.1) is 34.9 Å². The van der Waals surface area contributed by atoms with Crippen LogP contribution in [-0.2, 0) is 13.1 Å². The van der Waals surface area contributed by atoms with E-state index in [4.69, 9.17) is 0 Å². The minimum Gasteiger partial charge on any atom is -0.478 e. The number of amides is 1. The van der Waals surface area contributed by atoms with Gasteiger partial charge in [-0.2, -0.15) is 5.10 Å². The number of aromatic nitrogens is 2. The summed E-state index contributed by atoms with van der Waals surface area (Å²) in [6.45, 7) is 7.38. The lowest BCUT2D eigenvalue weighted by molar-refractivity contribution is 0.0696. The third kappa shape index (κ3) is 5.31. The maximum Gasteiger partial charge on any atom is 0.335 e. The highest BCUT2D eigenvalue weighted by Gasteiger charge is 2.17. The second-order valence-electron chi connectivity index (χ2n) is 7.72. The van der Waals surface area contributed by atoms with Crippen LogP contribution in [0.1, 0.15) is 51.0 Å². The number of aromatic carboxylic acids is 1. The molecule has 1 heterocycles. The summed E-state index contributed by atoms with van der Waals surface area (Å²) in [4.78, 5) is 26.3. The first-order valence-corrected chi connectivity index (χ1v) is 10.3. The molecule has 3 aromatic rings. The van der Waals surface area contributed by atoms with Crippen molar-refractivity contribution in [1.82, 2.24) is 9.78 Å². The second-order valence-corrected chi connectivity index (χ2v) is 7.72. The van der Waals surface area contributed by atoms with Crippen LogP contribution in [0.15, 0.2) is 48.5 Å². The van der Waals surface area contributed by atoms with Crippen molar-refractivity contribution in [2.75, 3.05) is 17.3 Å². The Morgan fingerprint density at radius 2 is 1.87 bits per heavy atom. The lowest BCUT2D eigenvalue weighted by Gasteiger charge is -2.23. The lowest BCUT2D eigenvalue weighted by Crippen LogP contribution is -2.22. The van der Waals surface area contributed by atoms with E-state index in [1.165, 1.54) is 6.07 Å². The number of nitrogens with one attached hydrogen (secondary N) is 1. The number of hydrogen-bond acceptors (Lipinski definition) is 4. The molecule has 0 aliphatic rings. The topological polar surface area (TPSA) is 87.5 Å². The summed E-state index contributed by atoms with van der Waals surface area (Å²) >= 11 is 0.